The number of hydrogen-bond donors (Lipinski definition) is 0. The third-order valence-corrected chi connectivity index (χ3v) is 4.40. The zero-order valence-corrected chi connectivity index (χ0v) is 14.1. The standard InChI is InChI=1S/C14H8BrClFIO/c15-11-5-4-9(18)7-10(11)13(19)6-8-2-1-3-12(17)14(8)16/h1-5,7H,6H2. The molecule has 0 heterocycles. The van der Waals surface area contributed by atoms with E-state index in [9.17, 15) is 9.18 Å². The van der Waals surface area contributed by atoms with Crippen molar-refractivity contribution in [2.45, 2.75) is 6.42 Å². The van der Waals surface area contributed by atoms with Gasteiger partial charge in [0.25, 0.3) is 0 Å². The highest BCUT2D eigenvalue weighted by atomic mass is 127. The smallest absolute Gasteiger partial charge is 0.168 e. The van der Waals surface area contributed by atoms with Gasteiger partial charge in [-0.2, -0.15) is 0 Å². The van der Waals surface area contributed by atoms with E-state index in [1.807, 2.05) is 12.1 Å². The molecular formula is C14H8BrClFIO. The van der Waals surface area contributed by atoms with E-state index in [2.05, 4.69) is 38.5 Å². The summed E-state index contributed by atoms with van der Waals surface area (Å²) in [5.41, 5.74) is 1.07. The molecule has 5 heteroatoms. The number of rotatable bonds is 3. The van der Waals surface area contributed by atoms with Gasteiger partial charge in [-0.05, 0) is 52.4 Å². The van der Waals surface area contributed by atoms with E-state index in [-0.39, 0.29) is 17.2 Å². The number of Topliss-reactive ketones (excluding diaryl/α,β-unsaturated/α-hetero) is 1. The predicted octanol–water partition coefficient (Wildman–Crippen LogP) is 5.27. The molecule has 2 aromatic carbocycles. The zero-order chi connectivity index (χ0) is 14.0. The Balaban J connectivity index is 2.31. The van der Waals surface area contributed by atoms with E-state index in [4.69, 9.17) is 11.6 Å². The molecule has 0 saturated carbocycles. The van der Waals surface area contributed by atoms with Crippen LogP contribution in [0.5, 0.6) is 0 Å². The van der Waals surface area contributed by atoms with Crippen LogP contribution in [0, 0.1) is 9.39 Å². The van der Waals surface area contributed by atoms with Gasteiger partial charge in [-0.15, -0.1) is 0 Å². The number of ketones is 1. The summed E-state index contributed by atoms with van der Waals surface area (Å²) in [6.07, 6.45) is 0.0787. The van der Waals surface area contributed by atoms with Crippen LogP contribution in [0.4, 0.5) is 4.39 Å². The lowest BCUT2D eigenvalue weighted by Crippen LogP contribution is -2.06. The molecule has 2 rings (SSSR count). The van der Waals surface area contributed by atoms with Gasteiger partial charge in [0.2, 0.25) is 0 Å². The SMILES string of the molecule is O=C(Cc1cccc(F)c1Cl)c1cc(I)ccc1Br. The lowest BCUT2D eigenvalue weighted by atomic mass is 10.0. The van der Waals surface area contributed by atoms with Crippen molar-refractivity contribution in [2.24, 2.45) is 0 Å². The van der Waals surface area contributed by atoms with Gasteiger partial charge in [-0.25, -0.2) is 4.39 Å². The summed E-state index contributed by atoms with van der Waals surface area (Å²) < 4.78 is 15.0. The molecule has 0 bridgehead atoms. The number of carbonyl (C=O) groups excluding carboxylic acids is 1. The molecule has 0 aromatic heterocycles. The summed E-state index contributed by atoms with van der Waals surface area (Å²) in [5, 5.41) is 0.0117. The van der Waals surface area contributed by atoms with Gasteiger partial charge in [0.1, 0.15) is 5.82 Å². The lowest BCUT2D eigenvalue weighted by Gasteiger charge is -2.07. The second-order valence-corrected chi connectivity index (χ2v) is 6.41. The van der Waals surface area contributed by atoms with Gasteiger partial charge in [0, 0.05) is 20.0 Å². The molecular weight excluding hydrogens is 445 g/mol. The molecule has 2 aromatic rings. The summed E-state index contributed by atoms with van der Waals surface area (Å²) in [7, 11) is 0. The van der Waals surface area contributed by atoms with Crippen LogP contribution in [-0.2, 0) is 6.42 Å². The Hall–Kier alpha value is -0.460. The van der Waals surface area contributed by atoms with Crippen LogP contribution in [0.1, 0.15) is 15.9 Å². The Labute approximate surface area is 137 Å². The van der Waals surface area contributed by atoms with Crippen LogP contribution < -0.4 is 0 Å². The first-order chi connectivity index (χ1) is 8.99. The van der Waals surface area contributed by atoms with E-state index in [0.717, 1.165) is 8.04 Å². The minimum atomic E-state index is -0.506. The van der Waals surface area contributed by atoms with Crippen molar-refractivity contribution in [3.05, 3.63) is 66.4 Å². The highest BCUT2D eigenvalue weighted by molar-refractivity contribution is 14.1. The summed E-state index contributed by atoms with van der Waals surface area (Å²) in [6, 6.07) is 10.00. The molecule has 0 aliphatic heterocycles. The molecule has 0 aliphatic rings. The molecule has 0 saturated heterocycles. The second-order valence-electron chi connectivity index (χ2n) is 3.94. The fourth-order valence-corrected chi connectivity index (χ4v) is 2.82. The minimum absolute atomic E-state index is 0.0117. The molecule has 19 heavy (non-hydrogen) atoms. The fraction of sp³-hybridized carbons (Fsp3) is 0.0714. The average Bonchev–Trinajstić information content (AvgIpc) is 2.38. The molecule has 0 amide bonds. The van der Waals surface area contributed by atoms with Crippen LogP contribution in [0.25, 0.3) is 0 Å². The van der Waals surface area contributed by atoms with Crippen molar-refractivity contribution in [1.29, 1.82) is 0 Å². The van der Waals surface area contributed by atoms with E-state index >= 15 is 0 Å². The first-order valence-corrected chi connectivity index (χ1v) is 7.65. The Morgan fingerprint density at radius 2 is 2.05 bits per heavy atom. The van der Waals surface area contributed by atoms with E-state index < -0.39 is 5.82 Å². The van der Waals surface area contributed by atoms with Gasteiger partial charge in [-0.1, -0.05) is 39.7 Å². The fourth-order valence-electron chi connectivity index (χ4n) is 1.66. The van der Waals surface area contributed by atoms with E-state index in [0.29, 0.717) is 11.1 Å². The quantitative estimate of drug-likeness (QED) is 0.457. The first-order valence-electron chi connectivity index (χ1n) is 5.40. The van der Waals surface area contributed by atoms with Crippen molar-refractivity contribution in [3.8, 4) is 0 Å². The highest BCUT2D eigenvalue weighted by Gasteiger charge is 2.14. The van der Waals surface area contributed by atoms with Gasteiger partial charge in [0.05, 0.1) is 5.02 Å². The van der Waals surface area contributed by atoms with Gasteiger partial charge >= 0.3 is 0 Å². The number of benzene rings is 2. The van der Waals surface area contributed by atoms with Crippen LogP contribution in [0.3, 0.4) is 0 Å². The van der Waals surface area contributed by atoms with Crippen molar-refractivity contribution in [3.63, 3.8) is 0 Å². The number of hydrogen-bond acceptors (Lipinski definition) is 1. The normalized spacial score (nSPS) is 10.5. The Morgan fingerprint density at radius 1 is 1.32 bits per heavy atom. The maximum atomic E-state index is 13.3. The van der Waals surface area contributed by atoms with Crippen LogP contribution in [0.15, 0.2) is 40.9 Å². The average molecular weight is 453 g/mol. The molecule has 1 nitrogen and oxygen atoms in total. The molecule has 0 atom stereocenters. The highest BCUT2D eigenvalue weighted by Crippen LogP contribution is 2.24. The summed E-state index contributed by atoms with van der Waals surface area (Å²) in [5.74, 6) is -0.605. The van der Waals surface area contributed by atoms with Crippen molar-refractivity contribution in [2.75, 3.05) is 0 Å². The molecule has 0 unspecified atom stereocenters. The summed E-state index contributed by atoms with van der Waals surface area (Å²) >= 11 is 11.3. The minimum Gasteiger partial charge on any atom is -0.294 e. The number of carbonyl (C=O) groups is 1. The van der Waals surface area contributed by atoms with Crippen LogP contribution >= 0.6 is 50.1 Å². The second kappa shape index (κ2) is 6.33. The largest absolute Gasteiger partial charge is 0.294 e. The van der Waals surface area contributed by atoms with Crippen molar-refractivity contribution >= 4 is 55.9 Å². The topological polar surface area (TPSA) is 17.1 Å². The van der Waals surface area contributed by atoms with Gasteiger partial charge in [0.15, 0.2) is 5.78 Å². The third kappa shape index (κ3) is 3.55. The van der Waals surface area contributed by atoms with Crippen LogP contribution in [0.2, 0.25) is 5.02 Å². The van der Waals surface area contributed by atoms with E-state index in [1.165, 1.54) is 6.07 Å². The zero-order valence-electron chi connectivity index (χ0n) is 9.59. The molecule has 0 spiro atoms. The Kier molecular flexibility index (Phi) is 4.97. The van der Waals surface area contributed by atoms with Crippen molar-refractivity contribution in [1.82, 2.24) is 0 Å². The van der Waals surface area contributed by atoms with E-state index in [1.54, 1.807) is 18.2 Å². The first kappa shape index (κ1) is 14.9. The molecule has 0 aliphatic carbocycles. The maximum absolute atomic E-state index is 13.3. The molecule has 0 N–H and O–H groups in total. The lowest BCUT2D eigenvalue weighted by molar-refractivity contribution is 0.0992. The van der Waals surface area contributed by atoms with Crippen molar-refractivity contribution < 1.29 is 9.18 Å². The molecule has 0 fully saturated rings. The number of halogens is 4. The Morgan fingerprint density at radius 3 is 2.79 bits per heavy atom. The predicted molar refractivity (Wildman–Crippen MR) is 86.3 cm³/mol. The molecule has 0 radical (unpaired) electrons. The maximum Gasteiger partial charge on any atom is 0.168 e. The molecule has 98 valence electrons. The van der Waals surface area contributed by atoms with Crippen LogP contribution in [-0.4, -0.2) is 5.78 Å². The summed E-state index contributed by atoms with van der Waals surface area (Å²) in [6.45, 7) is 0. The Bertz CT molecular complexity index is 645. The van der Waals surface area contributed by atoms with Gasteiger partial charge in [-0.3, -0.25) is 4.79 Å². The monoisotopic (exact) mass is 452 g/mol. The van der Waals surface area contributed by atoms with Gasteiger partial charge < -0.3 is 0 Å². The third-order valence-electron chi connectivity index (χ3n) is 2.61. The summed E-state index contributed by atoms with van der Waals surface area (Å²) in [4.78, 5) is 12.2.